The number of ether oxygens (including phenoxy) is 3. The van der Waals surface area contributed by atoms with Crippen LogP contribution in [0.1, 0.15) is 5.56 Å². The summed E-state index contributed by atoms with van der Waals surface area (Å²) in [5.41, 5.74) is 1.56. The van der Waals surface area contributed by atoms with Crippen molar-refractivity contribution in [2.24, 2.45) is 0 Å². The molecule has 30 heavy (non-hydrogen) atoms. The van der Waals surface area contributed by atoms with Crippen molar-refractivity contribution in [3.63, 3.8) is 0 Å². The fourth-order valence-corrected chi connectivity index (χ4v) is 4.26. The third-order valence-electron chi connectivity index (χ3n) is 4.02. The van der Waals surface area contributed by atoms with Crippen molar-refractivity contribution in [2.75, 3.05) is 25.1 Å². The average molecular weight is 535 g/mol. The van der Waals surface area contributed by atoms with E-state index < -0.39 is 0 Å². The summed E-state index contributed by atoms with van der Waals surface area (Å²) in [4.78, 5) is 12.3. The van der Waals surface area contributed by atoms with Gasteiger partial charge in [-0.3, -0.25) is 4.79 Å². The molecule has 0 aliphatic heterocycles. The molecular weight excluding hydrogens is 514 g/mol. The van der Waals surface area contributed by atoms with Crippen LogP contribution in [-0.2, 0) is 4.79 Å². The normalized spacial score (nSPS) is 10.4. The maximum atomic E-state index is 12.3. The lowest BCUT2D eigenvalue weighted by molar-refractivity contribution is -0.118. The molecule has 3 rings (SSSR count). The van der Waals surface area contributed by atoms with E-state index in [0.29, 0.717) is 30.4 Å². The van der Waals surface area contributed by atoms with E-state index in [1.807, 2.05) is 61.5 Å². The molecule has 0 heterocycles. The van der Waals surface area contributed by atoms with Crippen molar-refractivity contribution < 1.29 is 19.0 Å². The molecule has 1 N–H and O–H groups in total. The van der Waals surface area contributed by atoms with Gasteiger partial charge in [0.1, 0.15) is 30.5 Å². The molecule has 3 aromatic rings. The Bertz CT molecular complexity index is 972. The van der Waals surface area contributed by atoms with Crippen molar-refractivity contribution in [1.29, 1.82) is 0 Å². The second-order valence-corrected chi connectivity index (χ2v) is 8.18. The highest BCUT2D eigenvalue weighted by Crippen LogP contribution is 2.32. The number of carbonyl (C=O) groups is 1. The third kappa shape index (κ3) is 6.78. The lowest BCUT2D eigenvalue weighted by atomic mass is 10.2. The molecule has 0 aliphatic rings. The Morgan fingerprint density at radius 1 is 0.867 bits per heavy atom. The van der Waals surface area contributed by atoms with E-state index in [1.165, 1.54) is 0 Å². The van der Waals surface area contributed by atoms with Crippen molar-refractivity contribution in [3.05, 3.63) is 81.2 Å². The fraction of sp³-hybridized carbons (Fsp3) is 0.174. The second kappa shape index (κ2) is 11.0. The summed E-state index contributed by atoms with van der Waals surface area (Å²) >= 11 is 6.88. The molecule has 156 valence electrons. The third-order valence-corrected chi connectivity index (χ3v) is 5.07. The summed E-state index contributed by atoms with van der Waals surface area (Å²) in [6.45, 7) is 2.64. The molecule has 0 fully saturated rings. The molecule has 0 aromatic heterocycles. The number of anilines is 1. The standard InChI is InChI=1S/C23H21Br2NO4/c1-16-12-17(24)13-21(25)23(16)30-15-22(27)26-18-6-5-9-20(14-18)29-11-10-28-19-7-3-2-4-8-19/h2-9,12-14H,10-11,15H2,1H3,(H,26,27). The van der Waals surface area contributed by atoms with Gasteiger partial charge in [-0.1, -0.05) is 40.2 Å². The average Bonchev–Trinajstić information content (AvgIpc) is 2.71. The number of hydrogen-bond donors (Lipinski definition) is 1. The number of carbonyl (C=O) groups excluding carboxylic acids is 1. The van der Waals surface area contributed by atoms with Gasteiger partial charge in [-0.05, 0) is 64.8 Å². The largest absolute Gasteiger partial charge is 0.490 e. The summed E-state index contributed by atoms with van der Waals surface area (Å²) in [6, 6.07) is 20.6. The summed E-state index contributed by atoms with van der Waals surface area (Å²) in [7, 11) is 0. The van der Waals surface area contributed by atoms with Gasteiger partial charge >= 0.3 is 0 Å². The zero-order valence-electron chi connectivity index (χ0n) is 16.4. The molecule has 0 radical (unpaired) electrons. The van der Waals surface area contributed by atoms with Crippen LogP contribution in [0.3, 0.4) is 0 Å². The molecule has 0 atom stereocenters. The van der Waals surface area contributed by atoms with Crippen molar-refractivity contribution in [3.8, 4) is 17.2 Å². The van der Waals surface area contributed by atoms with Gasteiger partial charge in [-0.25, -0.2) is 0 Å². The van der Waals surface area contributed by atoms with Gasteiger partial charge in [0, 0.05) is 16.2 Å². The Labute approximate surface area is 192 Å². The van der Waals surface area contributed by atoms with E-state index >= 15 is 0 Å². The minimum atomic E-state index is -0.256. The summed E-state index contributed by atoms with van der Waals surface area (Å²) in [5, 5.41) is 2.82. The van der Waals surface area contributed by atoms with Crippen LogP contribution in [0.5, 0.6) is 17.2 Å². The molecule has 1 amide bonds. The van der Waals surface area contributed by atoms with Gasteiger partial charge in [-0.15, -0.1) is 0 Å². The van der Waals surface area contributed by atoms with Crippen LogP contribution in [0.2, 0.25) is 0 Å². The van der Waals surface area contributed by atoms with Gasteiger partial charge in [0.2, 0.25) is 0 Å². The van der Waals surface area contributed by atoms with Gasteiger partial charge < -0.3 is 19.5 Å². The summed E-state index contributed by atoms with van der Waals surface area (Å²) < 4.78 is 18.7. The first-order chi connectivity index (χ1) is 14.5. The summed E-state index contributed by atoms with van der Waals surface area (Å²) in [6.07, 6.45) is 0. The number of aryl methyl sites for hydroxylation is 1. The zero-order valence-corrected chi connectivity index (χ0v) is 19.5. The predicted molar refractivity (Wildman–Crippen MR) is 125 cm³/mol. The number of halogens is 2. The first kappa shape index (κ1) is 22.2. The minimum Gasteiger partial charge on any atom is -0.490 e. The van der Waals surface area contributed by atoms with Crippen LogP contribution in [0.4, 0.5) is 5.69 Å². The molecule has 5 nitrogen and oxygen atoms in total. The molecule has 0 aliphatic carbocycles. The van der Waals surface area contributed by atoms with Crippen LogP contribution >= 0.6 is 31.9 Å². The van der Waals surface area contributed by atoms with Crippen LogP contribution in [0, 0.1) is 6.92 Å². The van der Waals surface area contributed by atoms with Crippen molar-refractivity contribution in [2.45, 2.75) is 6.92 Å². The van der Waals surface area contributed by atoms with Crippen molar-refractivity contribution in [1.82, 2.24) is 0 Å². The monoisotopic (exact) mass is 533 g/mol. The van der Waals surface area contributed by atoms with E-state index in [-0.39, 0.29) is 12.5 Å². The number of hydrogen-bond acceptors (Lipinski definition) is 4. The Balaban J connectivity index is 1.47. The number of benzene rings is 3. The zero-order chi connectivity index (χ0) is 21.3. The topological polar surface area (TPSA) is 56.8 Å². The van der Waals surface area contributed by atoms with Crippen LogP contribution in [-0.4, -0.2) is 25.7 Å². The Kier molecular flexibility index (Phi) is 8.16. The first-order valence-corrected chi connectivity index (χ1v) is 10.9. The van der Waals surface area contributed by atoms with Crippen molar-refractivity contribution >= 4 is 43.5 Å². The van der Waals surface area contributed by atoms with Gasteiger partial charge in [0.15, 0.2) is 6.61 Å². The molecule has 7 heteroatoms. The van der Waals surface area contributed by atoms with Gasteiger partial charge in [-0.2, -0.15) is 0 Å². The second-order valence-electron chi connectivity index (χ2n) is 6.41. The maximum absolute atomic E-state index is 12.3. The lowest BCUT2D eigenvalue weighted by Gasteiger charge is -2.13. The van der Waals surface area contributed by atoms with E-state index in [0.717, 1.165) is 20.3 Å². The maximum Gasteiger partial charge on any atom is 0.262 e. The lowest BCUT2D eigenvalue weighted by Crippen LogP contribution is -2.20. The molecule has 0 bridgehead atoms. The van der Waals surface area contributed by atoms with E-state index in [4.69, 9.17) is 14.2 Å². The van der Waals surface area contributed by atoms with Crippen LogP contribution < -0.4 is 19.5 Å². The molecular formula is C23H21Br2NO4. The Morgan fingerprint density at radius 2 is 1.57 bits per heavy atom. The summed E-state index contributed by atoms with van der Waals surface area (Å²) in [5.74, 6) is 1.84. The molecule has 0 spiro atoms. The fourth-order valence-electron chi connectivity index (χ4n) is 2.71. The Morgan fingerprint density at radius 3 is 2.30 bits per heavy atom. The van der Waals surface area contributed by atoms with Crippen LogP contribution in [0.25, 0.3) is 0 Å². The quantitative estimate of drug-likeness (QED) is 0.342. The minimum absolute atomic E-state index is 0.100. The number of para-hydroxylation sites is 1. The van der Waals surface area contributed by atoms with E-state index in [9.17, 15) is 4.79 Å². The molecule has 0 unspecified atom stereocenters. The Hall–Kier alpha value is -2.51. The van der Waals surface area contributed by atoms with Gasteiger partial charge in [0.05, 0.1) is 4.47 Å². The molecule has 0 saturated carbocycles. The molecule has 0 saturated heterocycles. The highest BCUT2D eigenvalue weighted by atomic mass is 79.9. The number of nitrogens with one attached hydrogen (secondary N) is 1. The molecule has 3 aromatic carbocycles. The SMILES string of the molecule is Cc1cc(Br)cc(Br)c1OCC(=O)Nc1cccc(OCCOc2ccccc2)c1. The van der Waals surface area contributed by atoms with Crippen LogP contribution in [0.15, 0.2) is 75.7 Å². The predicted octanol–water partition coefficient (Wildman–Crippen LogP) is 6.00. The smallest absolute Gasteiger partial charge is 0.262 e. The highest BCUT2D eigenvalue weighted by Gasteiger charge is 2.10. The number of rotatable bonds is 9. The number of amides is 1. The van der Waals surface area contributed by atoms with E-state index in [1.54, 1.807) is 12.1 Å². The highest BCUT2D eigenvalue weighted by molar-refractivity contribution is 9.11. The first-order valence-electron chi connectivity index (χ1n) is 9.30. The van der Waals surface area contributed by atoms with E-state index in [2.05, 4.69) is 37.2 Å². The van der Waals surface area contributed by atoms with Gasteiger partial charge in [0.25, 0.3) is 5.91 Å².